The van der Waals surface area contributed by atoms with E-state index in [1.165, 1.54) is 29.0 Å². The van der Waals surface area contributed by atoms with Gasteiger partial charge in [-0.3, -0.25) is 9.59 Å². The van der Waals surface area contributed by atoms with E-state index in [-0.39, 0.29) is 18.0 Å². The van der Waals surface area contributed by atoms with Crippen molar-refractivity contribution in [3.05, 3.63) is 81.2 Å². The lowest BCUT2D eigenvalue weighted by molar-refractivity contribution is 0.0950. The molecule has 2 aromatic heterocycles. The minimum Gasteiger partial charge on any atom is -0.497 e. The monoisotopic (exact) mass is 426 g/mol. The van der Waals surface area contributed by atoms with E-state index < -0.39 is 0 Å². The van der Waals surface area contributed by atoms with Crippen LogP contribution in [0.2, 0.25) is 5.02 Å². The number of fused-ring (bicyclic) bond motifs is 1. The van der Waals surface area contributed by atoms with Crippen molar-refractivity contribution in [3.8, 4) is 16.3 Å². The number of aromatic nitrogens is 3. The van der Waals surface area contributed by atoms with Gasteiger partial charge in [-0.25, -0.2) is 4.98 Å². The van der Waals surface area contributed by atoms with Crippen LogP contribution in [-0.2, 0) is 6.54 Å². The van der Waals surface area contributed by atoms with Crippen LogP contribution >= 0.6 is 22.9 Å². The maximum Gasteiger partial charge on any atom is 0.275 e. The fraction of sp³-hybridized carbons (Fsp3) is 0.100. The number of benzene rings is 2. The molecule has 7 nitrogen and oxygen atoms in total. The van der Waals surface area contributed by atoms with E-state index in [9.17, 15) is 9.59 Å². The normalized spacial score (nSPS) is 10.8. The molecule has 0 saturated heterocycles. The van der Waals surface area contributed by atoms with Gasteiger partial charge in [0, 0.05) is 17.2 Å². The molecule has 0 unspecified atom stereocenters. The third kappa shape index (κ3) is 3.98. The predicted octanol–water partition coefficient (Wildman–Crippen LogP) is 3.41. The molecule has 146 valence electrons. The average Bonchev–Trinajstić information content (AvgIpc) is 3.17. The molecule has 0 aliphatic heterocycles. The van der Waals surface area contributed by atoms with E-state index in [0.29, 0.717) is 32.0 Å². The van der Waals surface area contributed by atoms with E-state index in [1.807, 2.05) is 18.2 Å². The molecule has 29 heavy (non-hydrogen) atoms. The molecule has 9 heteroatoms. The van der Waals surface area contributed by atoms with Crippen LogP contribution in [0.3, 0.4) is 0 Å². The van der Waals surface area contributed by atoms with Gasteiger partial charge in [0.15, 0.2) is 0 Å². The minimum absolute atomic E-state index is 0.112. The van der Waals surface area contributed by atoms with Crippen molar-refractivity contribution in [2.24, 2.45) is 0 Å². The Balaban J connectivity index is 1.58. The molecule has 4 rings (SSSR count). The first kappa shape index (κ1) is 19.1. The smallest absolute Gasteiger partial charge is 0.275 e. The van der Waals surface area contributed by atoms with Crippen LogP contribution < -0.4 is 15.6 Å². The van der Waals surface area contributed by atoms with Gasteiger partial charge < -0.3 is 10.1 Å². The number of rotatable bonds is 5. The van der Waals surface area contributed by atoms with Gasteiger partial charge in [-0.2, -0.15) is 9.61 Å². The molecule has 0 spiro atoms. The fourth-order valence-electron chi connectivity index (χ4n) is 2.73. The summed E-state index contributed by atoms with van der Waals surface area (Å²) >= 11 is 7.48. The Morgan fingerprint density at radius 2 is 2.03 bits per heavy atom. The van der Waals surface area contributed by atoms with Crippen LogP contribution in [0.15, 0.2) is 59.4 Å². The fourth-order valence-corrected chi connectivity index (χ4v) is 3.97. The van der Waals surface area contributed by atoms with Crippen molar-refractivity contribution < 1.29 is 9.53 Å². The highest BCUT2D eigenvalue weighted by atomic mass is 35.5. The maximum atomic E-state index is 12.4. The topological polar surface area (TPSA) is 85.6 Å². The first-order valence-corrected chi connectivity index (χ1v) is 9.81. The summed E-state index contributed by atoms with van der Waals surface area (Å²) in [6.07, 6.45) is 0. The van der Waals surface area contributed by atoms with Crippen molar-refractivity contribution in [3.63, 3.8) is 0 Å². The summed E-state index contributed by atoms with van der Waals surface area (Å²) < 4.78 is 6.36. The zero-order chi connectivity index (χ0) is 20.4. The highest BCUT2D eigenvalue weighted by Crippen LogP contribution is 2.30. The second kappa shape index (κ2) is 8.02. The quantitative estimate of drug-likeness (QED) is 0.528. The Hall–Kier alpha value is -3.23. The summed E-state index contributed by atoms with van der Waals surface area (Å²) in [5, 5.41) is 8.23. The predicted molar refractivity (Wildman–Crippen MR) is 112 cm³/mol. The van der Waals surface area contributed by atoms with Crippen LogP contribution in [0.25, 0.3) is 15.5 Å². The molecule has 0 fully saturated rings. The number of nitrogens with zero attached hydrogens (tertiary/aromatic N) is 3. The van der Waals surface area contributed by atoms with Gasteiger partial charge in [0.1, 0.15) is 10.8 Å². The summed E-state index contributed by atoms with van der Waals surface area (Å²) in [5.41, 5.74) is 1.31. The maximum absolute atomic E-state index is 12.4. The largest absolute Gasteiger partial charge is 0.497 e. The van der Waals surface area contributed by atoms with Gasteiger partial charge in [0.05, 0.1) is 24.4 Å². The van der Waals surface area contributed by atoms with Crippen LogP contribution in [-0.4, -0.2) is 27.6 Å². The zero-order valence-corrected chi connectivity index (χ0v) is 16.8. The molecule has 0 atom stereocenters. The number of hydrogen-bond donors (Lipinski definition) is 1. The molecule has 1 N–H and O–H groups in total. The van der Waals surface area contributed by atoms with Crippen molar-refractivity contribution in [1.82, 2.24) is 19.9 Å². The molecule has 0 bridgehead atoms. The SMILES string of the molecule is COc1cccc(C(=O)NCc2cc(=O)n3nc(-c4ccccc4Cl)sc3n2)c1. The highest BCUT2D eigenvalue weighted by molar-refractivity contribution is 7.19. The lowest BCUT2D eigenvalue weighted by Gasteiger charge is -2.06. The summed E-state index contributed by atoms with van der Waals surface area (Å²) in [4.78, 5) is 29.7. The summed E-state index contributed by atoms with van der Waals surface area (Å²) in [6.45, 7) is 0.112. The number of halogens is 1. The average molecular weight is 427 g/mol. The van der Waals surface area contributed by atoms with Gasteiger partial charge in [-0.1, -0.05) is 47.2 Å². The van der Waals surface area contributed by atoms with E-state index in [0.717, 1.165) is 5.56 Å². The standard InChI is InChI=1S/C20H15ClN4O3S/c1-28-14-6-4-5-12(9-14)18(27)22-11-13-10-17(26)25-20(23-13)29-19(24-25)15-7-2-3-8-16(15)21/h2-10H,11H2,1H3,(H,22,27). The third-order valence-electron chi connectivity index (χ3n) is 4.16. The van der Waals surface area contributed by atoms with Gasteiger partial charge in [0.2, 0.25) is 4.96 Å². The Morgan fingerprint density at radius 1 is 1.21 bits per heavy atom. The van der Waals surface area contributed by atoms with Gasteiger partial charge in [-0.15, -0.1) is 0 Å². The number of nitrogens with one attached hydrogen (secondary N) is 1. The third-order valence-corrected chi connectivity index (χ3v) is 5.44. The van der Waals surface area contributed by atoms with Crippen molar-refractivity contribution in [2.45, 2.75) is 6.54 Å². The highest BCUT2D eigenvalue weighted by Gasteiger charge is 2.13. The van der Waals surface area contributed by atoms with E-state index in [4.69, 9.17) is 16.3 Å². The molecule has 4 aromatic rings. The van der Waals surface area contributed by atoms with Crippen LogP contribution in [0, 0.1) is 0 Å². The second-order valence-electron chi connectivity index (χ2n) is 6.08. The van der Waals surface area contributed by atoms with E-state index >= 15 is 0 Å². The van der Waals surface area contributed by atoms with Gasteiger partial charge in [0.25, 0.3) is 11.5 Å². The molecule has 2 heterocycles. The Kier molecular flexibility index (Phi) is 5.28. The van der Waals surface area contributed by atoms with Crippen molar-refractivity contribution in [1.29, 1.82) is 0 Å². The second-order valence-corrected chi connectivity index (χ2v) is 7.44. The van der Waals surface area contributed by atoms with E-state index in [1.54, 1.807) is 30.3 Å². The Morgan fingerprint density at radius 3 is 2.83 bits per heavy atom. The molecule has 0 aliphatic carbocycles. The summed E-state index contributed by atoms with van der Waals surface area (Å²) in [5.74, 6) is 0.305. The molecule has 1 amide bonds. The van der Waals surface area contributed by atoms with E-state index in [2.05, 4.69) is 15.4 Å². The van der Waals surface area contributed by atoms with Crippen molar-refractivity contribution in [2.75, 3.05) is 7.11 Å². The molecular formula is C20H15ClN4O3S. The molecule has 0 aliphatic rings. The van der Waals surface area contributed by atoms with Crippen LogP contribution in [0.4, 0.5) is 0 Å². The van der Waals surface area contributed by atoms with Crippen LogP contribution in [0.1, 0.15) is 16.1 Å². The first-order chi connectivity index (χ1) is 14.0. The van der Waals surface area contributed by atoms with Crippen LogP contribution in [0.5, 0.6) is 5.75 Å². The Bertz CT molecular complexity index is 1270. The molecular weight excluding hydrogens is 412 g/mol. The number of ether oxygens (including phenoxy) is 1. The van der Waals surface area contributed by atoms with Gasteiger partial charge in [-0.05, 0) is 24.3 Å². The number of hydrogen-bond acceptors (Lipinski definition) is 6. The number of carbonyl (C=O) groups is 1. The molecule has 0 radical (unpaired) electrons. The minimum atomic E-state index is -0.324. The number of amides is 1. The lowest BCUT2D eigenvalue weighted by atomic mass is 10.2. The first-order valence-electron chi connectivity index (χ1n) is 8.62. The summed E-state index contributed by atoms with van der Waals surface area (Å²) in [6, 6.07) is 15.4. The number of carbonyl (C=O) groups excluding carboxylic acids is 1. The lowest BCUT2D eigenvalue weighted by Crippen LogP contribution is -2.25. The van der Waals surface area contributed by atoms with Gasteiger partial charge >= 0.3 is 0 Å². The van der Waals surface area contributed by atoms with Crippen molar-refractivity contribution >= 4 is 33.8 Å². The zero-order valence-electron chi connectivity index (χ0n) is 15.3. The molecule has 2 aromatic carbocycles. The molecule has 0 saturated carbocycles. The Labute approximate surface area is 174 Å². The number of methoxy groups -OCH3 is 1. The summed E-state index contributed by atoms with van der Waals surface area (Å²) in [7, 11) is 1.54.